The van der Waals surface area contributed by atoms with Crippen LogP contribution >= 0.6 is 11.3 Å². The fourth-order valence-electron chi connectivity index (χ4n) is 2.38. The first kappa shape index (κ1) is 15.0. The van der Waals surface area contributed by atoms with E-state index in [1.807, 2.05) is 23.4 Å². The molecule has 0 aromatic carbocycles. The van der Waals surface area contributed by atoms with Gasteiger partial charge in [-0.2, -0.15) is 0 Å². The number of carbonyl (C=O) groups is 2. The van der Waals surface area contributed by atoms with Crippen LogP contribution in [0.15, 0.2) is 17.5 Å². The highest BCUT2D eigenvalue weighted by Crippen LogP contribution is 2.11. The summed E-state index contributed by atoms with van der Waals surface area (Å²) in [6.07, 6.45) is 2.53. The molecular formula is C14H21N3O2S. The zero-order valence-corrected chi connectivity index (χ0v) is 12.5. The molecule has 0 radical (unpaired) electrons. The molecule has 2 rings (SSSR count). The minimum Gasteiger partial charge on any atom is -0.351 e. The highest BCUT2D eigenvalue weighted by atomic mass is 32.1. The molecule has 1 fully saturated rings. The van der Waals surface area contributed by atoms with Crippen molar-refractivity contribution in [2.24, 2.45) is 0 Å². The van der Waals surface area contributed by atoms with Gasteiger partial charge in [-0.1, -0.05) is 6.07 Å². The van der Waals surface area contributed by atoms with Crippen LogP contribution in [0.1, 0.15) is 28.9 Å². The first-order valence-electron chi connectivity index (χ1n) is 6.97. The number of piperidine rings is 1. The summed E-state index contributed by atoms with van der Waals surface area (Å²) >= 11 is 1.41. The van der Waals surface area contributed by atoms with E-state index in [0.717, 1.165) is 25.9 Å². The van der Waals surface area contributed by atoms with Crippen LogP contribution in [0.2, 0.25) is 0 Å². The Hall–Kier alpha value is -1.40. The van der Waals surface area contributed by atoms with E-state index < -0.39 is 0 Å². The molecule has 0 aliphatic carbocycles. The number of likely N-dealkylation sites (N-methyl/N-ethyl adjacent to an activating group) is 1. The van der Waals surface area contributed by atoms with E-state index in [0.29, 0.717) is 23.9 Å². The topological polar surface area (TPSA) is 61.4 Å². The van der Waals surface area contributed by atoms with Crippen LogP contribution in [0.3, 0.4) is 0 Å². The third kappa shape index (κ3) is 4.05. The molecule has 1 saturated heterocycles. The first-order valence-corrected chi connectivity index (χ1v) is 7.85. The van der Waals surface area contributed by atoms with Crippen molar-refractivity contribution in [3.8, 4) is 0 Å². The molecule has 5 nitrogen and oxygen atoms in total. The summed E-state index contributed by atoms with van der Waals surface area (Å²) in [6.45, 7) is 2.00. The van der Waals surface area contributed by atoms with Crippen LogP contribution in [0.5, 0.6) is 0 Å². The lowest BCUT2D eigenvalue weighted by molar-refractivity contribution is -0.132. The van der Waals surface area contributed by atoms with Crippen molar-refractivity contribution in [3.05, 3.63) is 22.4 Å². The highest BCUT2D eigenvalue weighted by molar-refractivity contribution is 7.12. The van der Waals surface area contributed by atoms with E-state index in [-0.39, 0.29) is 11.8 Å². The minimum absolute atomic E-state index is 0.0976. The van der Waals surface area contributed by atoms with Crippen LogP contribution in [0.25, 0.3) is 0 Å². The Labute approximate surface area is 123 Å². The zero-order chi connectivity index (χ0) is 14.4. The van der Waals surface area contributed by atoms with E-state index in [1.54, 1.807) is 6.07 Å². The molecule has 1 atom stereocenters. The van der Waals surface area contributed by atoms with Crippen molar-refractivity contribution in [1.82, 2.24) is 15.5 Å². The van der Waals surface area contributed by atoms with Crippen LogP contribution < -0.4 is 10.6 Å². The number of thiophene rings is 1. The molecule has 110 valence electrons. The third-order valence-electron chi connectivity index (χ3n) is 3.55. The SMILES string of the molecule is CNC1CCCN(C(=O)CCNC(=O)c2cccs2)C1. The lowest BCUT2D eigenvalue weighted by Gasteiger charge is -2.32. The highest BCUT2D eigenvalue weighted by Gasteiger charge is 2.22. The van der Waals surface area contributed by atoms with Crippen molar-refractivity contribution < 1.29 is 9.59 Å². The van der Waals surface area contributed by atoms with E-state index in [4.69, 9.17) is 0 Å². The Bertz CT molecular complexity index is 447. The molecule has 1 aliphatic rings. The molecule has 1 aromatic rings. The standard InChI is InChI=1S/C14H21N3O2S/c1-15-11-4-2-8-17(10-11)13(18)6-7-16-14(19)12-5-3-9-20-12/h3,5,9,11,15H,2,4,6-8,10H2,1H3,(H,16,19). The van der Waals surface area contributed by atoms with E-state index in [1.165, 1.54) is 11.3 Å². The largest absolute Gasteiger partial charge is 0.351 e. The minimum atomic E-state index is -0.0976. The maximum atomic E-state index is 12.1. The predicted molar refractivity (Wildman–Crippen MR) is 79.9 cm³/mol. The lowest BCUT2D eigenvalue weighted by atomic mass is 10.1. The number of rotatable bonds is 5. The van der Waals surface area contributed by atoms with E-state index in [2.05, 4.69) is 10.6 Å². The molecule has 6 heteroatoms. The summed E-state index contributed by atoms with van der Waals surface area (Å²) in [7, 11) is 1.93. The van der Waals surface area contributed by atoms with Gasteiger partial charge >= 0.3 is 0 Å². The van der Waals surface area contributed by atoms with Crippen LogP contribution in [0, 0.1) is 0 Å². The number of carbonyl (C=O) groups excluding carboxylic acids is 2. The average molecular weight is 295 g/mol. The second-order valence-corrected chi connectivity index (χ2v) is 5.90. The second kappa shape index (κ2) is 7.40. The number of hydrogen-bond donors (Lipinski definition) is 2. The Morgan fingerprint density at radius 3 is 3.05 bits per heavy atom. The Balaban J connectivity index is 1.71. The quantitative estimate of drug-likeness (QED) is 0.854. The molecule has 2 heterocycles. The van der Waals surface area contributed by atoms with Crippen molar-refractivity contribution in [1.29, 1.82) is 0 Å². The molecule has 2 amide bonds. The smallest absolute Gasteiger partial charge is 0.261 e. The first-order chi connectivity index (χ1) is 9.70. The second-order valence-electron chi connectivity index (χ2n) is 4.95. The van der Waals surface area contributed by atoms with Crippen LogP contribution in [0.4, 0.5) is 0 Å². The average Bonchev–Trinajstić information content (AvgIpc) is 3.01. The molecule has 1 unspecified atom stereocenters. The summed E-state index contributed by atoms with van der Waals surface area (Å²) in [5, 5.41) is 7.87. The summed E-state index contributed by atoms with van der Waals surface area (Å²) in [5.74, 6) is 0.0241. The normalized spacial score (nSPS) is 18.9. The van der Waals surface area contributed by atoms with Crippen LogP contribution in [-0.2, 0) is 4.79 Å². The van der Waals surface area contributed by atoms with Gasteiger partial charge in [0, 0.05) is 32.1 Å². The van der Waals surface area contributed by atoms with Gasteiger partial charge in [0.15, 0.2) is 0 Å². The Morgan fingerprint density at radius 2 is 2.35 bits per heavy atom. The molecule has 0 bridgehead atoms. The maximum Gasteiger partial charge on any atom is 0.261 e. The van der Waals surface area contributed by atoms with Crippen LogP contribution in [-0.4, -0.2) is 49.4 Å². The van der Waals surface area contributed by atoms with Gasteiger partial charge in [-0.25, -0.2) is 0 Å². The fourth-order valence-corrected chi connectivity index (χ4v) is 3.02. The number of nitrogens with one attached hydrogen (secondary N) is 2. The van der Waals surface area contributed by atoms with Gasteiger partial charge < -0.3 is 15.5 Å². The van der Waals surface area contributed by atoms with Crippen molar-refractivity contribution >= 4 is 23.2 Å². The summed E-state index contributed by atoms with van der Waals surface area (Å²) in [5.41, 5.74) is 0. The molecule has 1 aliphatic heterocycles. The van der Waals surface area contributed by atoms with Gasteiger partial charge in [0.05, 0.1) is 4.88 Å². The molecule has 0 spiro atoms. The lowest BCUT2D eigenvalue weighted by Crippen LogP contribution is -2.47. The Kier molecular flexibility index (Phi) is 5.55. The summed E-state index contributed by atoms with van der Waals surface area (Å²) in [6, 6.07) is 4.02. The van der Waals surface area contributed by atoms with Crippen molar-refractivity contribution in [3.63, 3.8) is 0 Å². The van der Waals surface area contributed by atoms with Gasteiger partial charge in [-0.05, 0) is 31.3 Å². The number of likely N-dealkylation sites (tertiary alicyclic amines) is 1. The van der Waals surface area contributed by atoms with Gasteiger partial charge in [-0.15, -0.1) is 11.3 Å². The number of hydrogen-bond acceptors (Lipinski definition) is 4. The maximum absolute atomic E-state index is 12.1. The predicted octanol–water partition coefficient (Wildman–Crippen LogP) is 1.08. The van der Waals surface area contributed by atoms with Crippen molar-refractivity contribution in [2.45, 2.75) is 25.3 Å². The van der Waals surface area contributed by atoms with E-state index >= 15 is 0 Å². The van der Waals surface area contributed by atoms with Gasteiger partial charge in [0.2, 0.25) is 5.91 Å². The summed E-state index contributed by atoms with van der Waals surface area (Å²) < 4.78 is 0. The molecule has 1 aromatic heterocycles. The molecular weight excluding hydrogens is 274 g/mol. The van der Waals surface area contributed by atoms with Gasteiger partial charge in [0.25, 0.3) is 5.91 Å². The Morgan fingerprint density at radius 1 is 1.50 bits per heavy atom. The summed E-state index contributed by atoms with van der Waals surface area (Å²) in [4.78, 5) is 26.4. The fraction of sp³-hybridized carbons (Fsp3) is 0.571. The van der Waals surface area contributed by atoms with E-state index in [9.17, 15) is 9.59 Å². The van der Waals surface area contributed by atoms with Gasteiger partial charge in [0.1, 0.15) is 0 Å². The zero-order valence-electron chi connectivity index (χ0n) is 11.7. The molecule has 2 N–H and O–H groups in total. The number of amides is 2. The molecule has 20 heavy (non-hydrogen) atoms. The van der Waals surface area contributed by atoms with Gasteiger partial charge in [-0.3, -0.25) is 9.59 Å². The molecule has 0 saturated carbocycles. The number of nitrogens with zero attached hydrogens (tertiary/aromatic N) is 1. The van der Waals surface area contributed by atoms with Crippen molar-refractivity contribution in [2.75, 3.05) is 26.7 Å². The monoisotopic (exact) mass is 295 g/mol. The third-order valence-corrected chi connectivity index (χ3v) is 4.42.